The summed E-state index contributed by atoms with van der Waals surface area (Å²) >= 11 is 0. The topological polar surface area (TPSA) is 89.6 Å². The molecule has 3 N–H and O–H groups in total. The van der Waals surface area contributed by atoms with Crippen molar-refractivity contribution in [2.75, 3.05) is 6.61 Å². The van der Waals surface area contributed by atoms with Gasteiger partial charge in [0.25, 0.3) is 0 Å². The van der Waals surface area contributed by atoms with E-state index in [1.165, 1.54) is 0 Å². The molecule has 0 spiro atoms. The Morgan fingerprint density at radius 1 is 1.07 bits per heavy atom. The van der Waals surface area contributed by atoms with Gasteiger partial charge in [-0.05, 0) is 28.7 Å². The highest BCUT2D eigenvalue weighted by Gasteiger charge is 2.35. The van der Waals surface area contributed by atoms with Crippen molar-refractivity contribution in [2.24, 2.45) is 11.7 Å². The number of carbonyl (C=O) groups is 2. The van der Waals surface area contributed by atoms with Crippen LogP contribution in [0.25, 0.3) is 11.1 Å². The van der Waals surface area contributed by atoms with Crippen molar-refractivity contribution >= 4 is 11.9 Å². The molecule has 5 heteroatoms. The number of carbonyl (C=O) groups excluding carboxylic acids is 1. The Hall–Kier alpha value is -2.66. The molecule has 0 heterocycles. The lowest BCUT2D eigenvalue weighted by atomic mass is 9.95. The molecule has 5 nitrogen and oxygen atoms in total. The predicted octanol–water partition coefficient (Wildman–Crippen LogP) is 3.56. The van der Waals surface area contributed by atoms with Gasteiger partial charge in [-0.3, -0.25) is 9.59 Å². The number of hydrogen-bond donors (Lipinski definition) is 2. The third-order valence-corrected chi connectivity index (χ3v) is 5.19. The summed E-state index contributed by atoms with van der Waals surface area (Å²) in [5.41, 5.74) is 10.4. The van der Waals surface area contributed by atoms with Gasteiger partial charge in [0, 0.05) is 12.0 Å². The zero-order valence-electron chi connectivity index (χ0n) is 15.4. The van der Waals surface area contributed by atoms with Crippen LogP contribution >= 0.6 is 0 Å². The number of aliphatic carboxylic acids is 1. The molecule has 0 saturated carbocycles. The van der Waals surface area contributed by atoms with Crippen molar-refractivity contribution < 1.29 is 19.4 Å². The largest absolute Gasteiger partial charge is 0.481 e. The molecule has 2 atom stereocenters. The van der Waals surface area contributed by atoms with Gasteiger partial charge in [-0.2, -0.15) is 0 Å². The summed E-state index contributed by atoms with van der Waals surface area (Å²) in [6, 6.07) is 15.3. The fourth-order valence-corrected chi connectivity index (χ4v) is 3.76. The fraction of sp³-hybridized carbons (Fsp3) is 0.364. The number of fused-ring (bicyclic) bond motifs is 3. The first kappa shape index (κ1) is 19.1. The van der Waals surface area contributed by atoms with Gasteiger partial charge in [0.15, 0.2) is 5.92 Å². The maximum atomic E-state index is 12.5. The van der Waals surface area contributed by atoms with E-state index in [0.717, 1.165) is 35.1 Å². The van der Waals surface area contributed by atoms with Crippen LogP contribution in [0.15, 0.2) is 48.5 Å². The van der Waals surface area contributed by atoms with Gasteiger partial charge in [-0.25, -0.2) is 0 Å². The molecule has 0 aliphatic heterocycles. The fourth-order valence-electron chi connectivity index (χ4n) is 3.76. The van der Waals surface area contributed by atoms with E-state index in [1.54, 1.807) is 0 Å². The van der Waals surface area contributed by atoms with Crippen LogP contribution in [0, 0.1) is 5.92 Å². The van der Waals surface area contributed by atoms with Crippen LogP contribution in [0.3, 0.4) is 0 Å². The molecule has 2 aromatic rings. The van der Waals surface area contributed by atoms with Crippen LogP contribution in [0.2, 0.25) is 0 Å². The molecule has 142 valence electrons. The van der Waals surface area contributed by atoms with Gasteiger partial charge in [-0.15, -0.1) is 0 Å². The van der Waals surface area contributed by atoms with Crippen LogP contribution in [0.1, 0.15) is 43.2 Å². The molecule has 27 heavy (non-hydrogen) atoms. The van der Waals surface area contributed by atoms with Crippen molar-refractivity contribution in [3.05, 3.63) is 59.7 Å². The molecule has 1 aliphatic carbocycles. The number of benzene rings is 2. The van der Waals surface area contributed by atoms with Crippen molar-refractivity contribution in [3.63, 3.8) is 0 Å². The first-order valence-electron chi connectivity index (χ1n) is 9.37. The van der Waals surface area contributed by atoms with Gasteiger partial charge in [0.2, 0.25) is 0 Å². The monoisotopic (exact) mass is 367 g/mol. The van der Waals surface area contributed by atoms with E-state index in [2.05, 4.69) is 12.1 Å². The molecule has 2 aromatic carbocycles. The maximum Gasteiger partial charge on any atom is 0.321 e. The van der Waals surface area contributed by atoms with E-state index in [0.29, 0.717) is 6.42 Å². The maximum absolute atomic E-state index is 12.5. The van der Waals surface area contributed by atoms with Gasteiger partial charge in [-0.1, -0.05) is 68.3 Å². The molecule has 0 fully saturated rings. The van der Waals surface area contributed by atoms with Crippen LogP contribution in [-0.2, 0) is 14.3 Å². The van der Waals surface area contributed by atoms with Gasteiger partial charge in [0.05, 0.1) is 0 Å². The Balaban J connectivity index is 1.76. The standard InChI is InChI=1S/C22H25NO4/c1-2-3-12-19(23)20(21(24)25)22(26)27-13-18-16-10-6-4-8-14(16)15-9-5-7-11-17(15)18/h4-11,18-20H,2-3,12-13,23H2,1H3,(H,24,25)/t19-,20+/m0/s1. The first-order valence-corrected chi connectivity index (χ1v) is 9.37. The number of carboxylic acids is 1. The molecule has 3 rings (SSSR count). The highest BCUT2D eigenvalue weighted by atomic mass is 16.5. The SMILES string of the molecule is CCCC[C@H](N)[C@H](C(=O)O)C(=O)OCC1c2ccccc2-c2ccccc21. The average molecular weight is 367 g/mol. The first-order chi connectivity index (χ1) is 13.0. The lowest BCUT2D eigenvalue weighted by molar-refractivity contribution is -0.160. The molecule has 0 bridgehead atoms. The third-order valence-electron chi connectivity index (χ3n) is 5.19. The van der Waals surface area contributed by atoms with E-state index in [1.807, 2.05) is 43.3 Å². The smallest absolute Gasteiger partial charge is 0.321 e. The summed E-state index contributed by atoms with van der Waals surface area (Å²) in [7, 11) is 0. The number of nitrogens with two attached hydrogens (primary N) is 1. The zero-order valence-corrected chi connectivity index (χ0v) is 15.4. The summed E-state index contributed by atoms with van der Waals surface area (Å²) in [6.07, 6.45) is 2.16. The lowest BCUT2D eigenvalue weighted by Crippen LogP contribution is -2.42. The Kier molecular flexibility index (Phi) is 5.91. The van der Waals surface area contributed by atoms with Crippen molar-refractivity contribution in [1.29, 1.82) is 0 Å². The van der Waals surface area contributed by atoms with Crippen LogP contribution in [0.5, 0.6) is 0 Å². The Morgan fingerprint density at radius 3 is 2.15 bits per heavy atom. The predicted molar refractivity (Wildman–Crippen MR) is 103 cm³/mol. The summed E-state index contributed by atoms with van der Waals surface area (Å²) in [4.78, 5) is 24.0. The molecule has 0 unspecified atom stereocenters. The molecular formula is C22H25NO4. The van der Waals surface area contributed by atoms with Crippen molar-refractivity contribution in [1.82, 2.24) is 0 Å². The third kappa shape index (κ3) is 3.88. The number of ether oxygens (including phenoxy) is 1. The zero-order chi connectivity index (χ0) is 19.4. The minimum atomic E-state index is -1.33. The molecular weight excluding hydrogens is 342 g/mol. The average Bonchev–Trinajstić information content (AvgIpc) is 2.98. The Labute approximate surface area is 159 Å². The van der Waals surface area contributed by atoms with E-state index in [-0.39, 0.29) is 12.5 Å². The normalized spacial score (nSPS) is 14.9. The van der Waals surface area contributed by atoms with Crippen LogP contribution in [0.4, 0.5) is 0 Å². The minimum Gasteiger partial charge on any atom is -0.481 e. The molecule has 0 amide bonds. The summed E-state index contributed by atoms with van der Waals surface area (Å²) in [6.45, 7) is 2.10. The minimum absolute atomic E-state index is 0.0948. The Morgan fingerprint density at radius 2 is 1.63 bits per heavy atom. The molecule has 0 radical (unpaired) electrons. The second kappa shape index (κ2) is 8.35. The van der Waals surface area contributed by atoms with Gasteiger partial charge in [0.1, 0.15) is 6.61 Å². The highest BCUT2D eigenvalue weighted by Crippen LogP contribution is 2.44. The molecule has 0 aromatic heterocycles. The van der Waals surface area contributed by atoms with E-state index in [9.17, 15) is 14.7 Å². The Bertz CT molecular complexity index is 787. The lowest BCUT2D eigenvalue weighted by Gasteiger charge is -2.20. The quantitative estimate of drug-likeness (QED) is 0.550. The van der Waals surface area contributed by atoms with Crippen LogP contribution in [-0.4, -0.2) is 29.7 Å². The van der Waals surface area contributed by atoms with Gasteiger partial charge < -0.3 is 15.6 Å². The summed E-state index contributed by atoms with van der Waals surface area (Å²) in [5, 5.41) is 9.44. The van der Waals surface area contributed by atoms with Gasteiger partial charge >= 0.3 is 11.9 Å². The van der Waals surface area contributed by atoms with E-state index >= 15 is 0 Å². The number of hydrogen-bond acceptors (Lipinski definition) is 4. The van der Waals surface area contributed by atoms with Crippen molar-refractivity contribution in [3.8, 4) is 11.1 Å². The van der Waals surface area contributed by atoms with Crippen LogP contribution < -0.4 is 5.73 Å². The second-order valence-electron chi connectivity index (χ2n) is 6.98. The van der Waals surface area contributed by atoms with Crippen molar-refractivity contribution in [2.45, 2.75) is 38.1 Å². The summed E-state index contributed by atoms with van der Waals surface area (Å²) < 4.78 is 5.46. The number of unbranched alkanes of at least 4 members (excludes halogenated alkanes) is 1. The number of rotatable bonds is 8. The highest BCUT2D eigenvalue weighted by molar-refractivity contribution is 5.95. The molecule has 1 aliphatic rings. The number of esters is 1. The van der Waals surface area contributed by atoms with E-state index < -0.39 is 23.9 Å². The summed E-state index contributed by atoms with van der Waals surface area (Å²) in [5.74, 6) is -3.41. The number of carboxylic acid groups (broad SMARTS) is 1. The second-order valence-corrected chi connectivity index (χ2v) is 6.98. The molecule has 0 saturated heterocycles. The van der Waals surface area contributed by atoms with E-state index in [4.69, 9.17) is 10.5 Å².